The normalized spacial score (nSPS) is 11.9. The molecule has 1 aliphatic rings. The van der Waals surface area contributed by atoms with Gasteiger partial charge < -0.3 is 14.5 Å². The number of para-hydroxylation sites is 4. The number of nitrogens with zero attached hydrogens (tertiary/aromatic N) is 2. The van der Waals surface area contributed by atoms with Crippen LogP contribution in [0.3, 0.4) is 0 Å². The third-order valence-corrected chi connectivity index (χ3v) is 8.68. The molecule has 3 nitrogen and oxygen atoms in total. The molecule has 0 aromatic heterocycles. The van der Waals surface area contributed by atoms with Crippen molar-refractivity contribution in [2.24, 2.45) is 0 Å². The van der Waals surface area contributed by atoms with E-state index in [4.69, 9.17) is 4.74 Å². The van der Waals surface area contributed by atoms with Crippen LogP contribution in [0.2, 0.25) is 0 Å². The van der Waals surface area contributed by atoms with Crippen molar-refractivity contribution in [1.82, 2.24) is 0 Å². The smallest absolute Gasteiger partial charge is 0.151 e. The Bertz CT molecular complexity index is 1550. The van der Waals surface area contributed by atoms with Crippen molar-refractivity contribution in [2.75, 3.05) is 9.80 Å². The summed E-state index contributed by atoms with van der Waals surface area (Å²) in [6, 6.07) is 38.4. The van der Waals surface area contributed by atoms with E-state index in [1.165, 1.54) is 11.1 Å². The van der Waals surface area contributed by atoms with Gasteiger partial charge in [-0.3, -0.25) is 0 Å². The van der Waals surface area contributed by atoms with Gasteiger partial charge in [0.05, 0.1) is 11.4 Å². The molecule has 1 heterocycles. The number of hydrogen-bond donors (Lipinski definition) is 0. The third kappa shape index (κ3) is 4.86. The van der Waals surface area contributed by atoms with Crippen LogP contribution in [0.15, 0.2) is 118 Å². The summed E-state index contributed by atoms with van der Waals surface area (Å²) in [5.74, 6) is 1.71. The molecule has 0 radical (unpaired) electrons. The Hall–Kier alpha value is -3.54. The van der Waals surface area contributed by atoms with Gasteiger partial charge in [-0.25, -0.2) is 0 Å². The first kappa shape index (κ1) is 25.7. The minimum atomic E-state index is 0.853. The summed E-state index contributed by atoms with van der Waals surface area (Å²) in [4.78, 5) is 4.61. The van der Waals surface area contributed by atoms with Crippen LogP contribution in [0.4, 0.5) is 34.1 Å². The molecule has 6 rings (SSSR count). The molecule has 39 heavy (non-hydrogen) atoms. The van der Waals surface area contributed by atoms with E-state index in [-0.39, 0.29) is 0 Å². The second-order valence-electron chi connectivity index (χ2n) is 9.48. The second kappa shape index (κ2) is 10.9. The number of anilines is 6. The lowest BCUT2D eigenvalue weighted by Crippen LogP contribution is -2.16. The molecular formula is C34H28Br2N2O. The van der Waals surface area contributed by atoms with E-state index in [0.29, 0.717) is 0 Å². The van der Waals surface area contributed by atoms with Crippen molar-refractivity contribution in [3.05, 3.63) is 129 Å². The third-order valence-electron chi connectivity index (χ3n) is 7.14. The molecule has 0 amide bonds. The Morgan fingerprint density at radius 2 is 1.05 bits per heavy atom. The Balaban J connectivity index is 1.46. The molecule has 0 fully saturated rings. The lowest BCUT2D eigenvalue weighted by atomic mass is 10.1. The molecule has 0 saturated heterocycles. The maximum absolute atomic E-state index is 6.21. The van der Waals surface area contributed by atoms with Crippen molar-refractivity contribution in [1.29, 1.82) is 0 Å². The van der Waals surface area contributed by atoms with E-state index in [0.717, 1.165) is 67.4 Å². The minimum absolute atomic E-state index is 0.853. The molecule has 194 valence electrons. The van der Waals surface area contributed by atoms with Crippen molar-refractivity contribution in [3.8, 4) is 11.5 Å². The summed E-state index contributed by atoms with van der Waals surface area (Å²) in [6.07, 6.45) is 1.91. The number of rotatable bonds is 6. The highest BCUT2D eigenvalue weighted by molar-refractivity contribution is 9.10. The first-order chi connectivity index (χ1) is 19.1. The number of benzene rings is 5. The second-order valence-corrected chi connectivity index (χ2v) is 11.2. The summed E-state index contributed by atoms with van der Waals surface area (Å²) in [6.45, 7) is 4.38. The van der Waals surface area contributed by atoms with E-state index in [1.54, 1.807) is 0 Å². The highest BCUT2D eigenvalue weighted by Crippen LogP contribution is 2.50. The molecule has 5 aromatic rings. The van der Waals surface area contributed by atoms with Crippen LogP contribution < -0.4 is 14.5 Å². The zero-order valence-electron chi connectivity index (χ0n) is 21.9. The fourth-order valence-corrected chi connectivity index (χ4v) is 6.18. The predicted octanol–water partition coefficient (Wildman–Crippen LogP) is 11.4. The van der Waals surface area contributed by atoms with Crippen molar-refractivity contribution in [3.63, 3.8) is 0 Å². The maximum Gasteiger partial charge on any atom is 0.151 e. The zero-order valence-corrected chi connectivity index (χ0v) is 25.0. The molecule has 0 saturated carbocycles. The lowest BCUT2D eigenvalue weighted by Gasteiger charge is -2.33. The van der Waals surface area contributed by atoms with E-state index >= 15 is 0 Å². The van der Waals surface area contributed by atoms with E-state index in [9.17, 15) is 0 Å². The largest absolute Gasteiger partial charge is 0.453 e. The quantitative estimate of drug-likeness (QED) is 0.180. The molecule has 0 unspecified atom stereocenters. The van der Waals surface area contributed by atoms with Gasteiger partial charge in [-0.1, -0.05) is 70.0 Å². The molecule has 5 aromatic carbocycles. The SMILES string of the molecule is CCc1cc(N(c2ccc(N3c4ccccc4Oc4ccccc43)cc2)c2ccc(Br)c(CC)c2)ccc1Br. The highest BCUT2D eigenvalue weighted by Gasteiger charge is 2.25. The lowest BCUT2D eigenvalue weighted by molar-refractivity contribution is 0.477. The van der Waals surface area contributed by atoms with Crippen LogP contribution in [-0.2, 0) is 12.8 Å². The Morgan fingerprint density at radius 3 is 1.54 bits per heavy atom. The standard InChI is InChI=1S/C34H28Br2N2O/c1-3-23-21-27(17-19-29(23)35)37(28-18-20-30(36)24(4-2)22-28)25-13-15-26(16-14-25)38-31-9-5-7-11-33(31)39-34-12-8-6-10-32(34)38/h5-22H,3-4H2,1-2H3. The van der Waals surface area contributed by atoms with E-state index in [2.05, 4.69) is 140 Å². The molecule has 0 atom stereocenters. The Labute approximate surface area is 246 Å². The van der Waals surface area contributed by atoms with Crippen LogP contribution in [0.1, 0.15) is 25.0 Å². The van der Waals surface area contributed by atoms with Crippen LogP contribution in [0.25, 0.3) is 0 Å². The summed E-state index contributed by atoms with van der Waals surface area (Å²) >= 11 is 7.45. The number of ether oxygens (including phenoxy) is 1. The number of hydrogen-bond acceptors (Lipinski definition) is 3. The van der Waals surface area contributed by atoms with Crippen molar-refractivity contribution in [2.45, 2.75) is 26.7 Å². The van der Waals surface area contributed by atoms with Gasteiger partial charge >= 0.3 is 0 Å². The summed E-state index contributed by atoms with van der Waals surface area (Å²) in [5, 5.41) is 0. The van der Waals surface area contributed by atoms with Gasteiger partial charge in [0.2, 0.25) is 0 Å². The molecular weight excluding hydrogens is 612 g/mol. The van der Waals surface area contributed by atoms with Gasteiger partial charge in [-0.2, -0.15) is 0 Å². The molecule has 1 aliphatic heterocycles. The summed E-state index contributed by atoms with van der Waals surface area (Å²) in [5.41, 5.74) is 9.07. The van der Waals surface area contributed by atoms with Crippen LogP contribution in [-0.4, -0.2) is 0 Å². The maximum atomic E-state index is 6.21. The zero-order chi connectivity index (χ0) is 26.9. The van der Waals surface area contributed by atoms with Gasteiger partial charge in [0.25, 0.3) is 0 Å². The monoisotopic (exact) mass is 638 g/mol. The van der Waals surface area contributed by atoms with Crippen LogP contribution in [0, 0.1) is 0 Å². The fourth-order valence-electron chi connectivity index (χ4n) is 5.12. The summed E-state index contributed by atoms with van der Waals surface area (Å²) < 4.78 is 8.49. The first-order valence-electron chi connectivity index (χ1n) is 13.2. The van der Waals surface area contributed by atoms with Gasteiger partial charge in [-0.05, 0) is 109 Å². The predicted molar refractivity (Wildman–Crippen MR) is 170 cm³/mol. The molecule has 5 heteroatoms. The summed E-state index contributed by atoms with van der Waals surface area (Å²) in [7, 11) is 0. The Kier molecular flexibility index (Phi) is 7.20. The Morgan fingerprint density at radius 1 is 0.590 bits per heavy atom. The fraction of sp³-hybridized carbons (Fsp3) is 0.118. The van der Waals surface area contributed by atoms with Crippen LogP contribution in [0.5, 0.6) is 11.5 Å². The molecule has 0 spiro atoms. The van der Waals surface area contributed by atoms with E-state index in [1.807, 2.05) is 24.3 Å². The molecule has 0 bridgehead atoms. The van der Waals surface area contributed by atoms with Crippen molar-refractivity contribution >= 4 is 66.0 Å². The van der Waals surface area contributed by atoms with Crippen LogP contribution >= 0.6 is 31.9 Å². The number of fused-ring (bicyclic) bond motifs is 2. The van der Waals surface area contributed by atoms with Gasteiger partial charge in [0.15, 0.2) is 11.5 Å². The van der Waals surface area contributed by atoms with Gasteiger partial charge in [0, 0.05) is 31.7 Å². The number of halogens is 2. The minimum Gasteiger partial charge on any atom is -0.453 e. The molecule has 0 aliphatic carbocycles. The first-order valence-corrected chi connectivity index (χ1v) is 14.8. The topological polar surface area (TPSA) is 15.7 Å². The van der Waals surface area contributed by atoms with E-state index < -0.39 is 0 Å². The van der Waals surface area contributed by atoms with Gasteiger partial charge in [-0.15, -0.1) is 0 Å². The number of aryl methyl sites for hydroxylation is 2. The molecule has 0 N–H and O–H groups in total. The highest BCUT2D eigenvalue weighted by atomic mass is 79.9. The average molecular weight is 640 g/mol. The average Bonchev–Trinajstić information content (AvgIpc) is 2.98. The van der Waals surface area contributed by atoms with Gasteiger partial charge in [0.1, 0.15) is 0 Å². The van der Waals surface area contributed by atoms with Crippen molar-refractivity contribution < 1.29 is 4.74 Å².